The zero-order chi connectivity index (χ0) is 13.7. The Balaban J connectivity index is 1.77. The molecule has 1 aliphatic heterocycles. The normalized spacial score (nSPS) is 16.9. The Bertz CT molecular complexity index is 476. The third kappa shape index (κ3) is 3.94. The Morgan fingerprint density at radius 2 is 2.21 bits per heavy atom. The lowest BCUT2D eigenvalue weighted by Gasteiger charge is -2.11. The summed E-state index contributed by atoms with van der Waals surface area (Å²) in [7, 11) is 0. The van der Waals surface area contributed by atoms with Gasteiger partial charge >= 0.3 is 0 Å². The van der Waals surface area contributed by atoms with Crippen LogP contribution in [0.1, 0.15) is 30.7 Å². The van der Waals surface area contributed by atoms with Crippen LogP contribution in [0.2, 0.25) is 0 Å². The average molecular weight is 294 g/mol. The number of benzene rings is 1. The number of carbonyl (C=O) groups is 1. The van der Waals surface area contributed by atoms with Crippen LogP contribution in [0.4, 0.5) is 0 Å². The van der Waals surface area contributed by atoms with E-state index in [1.807, 2.05) is 18.2 Å². The molecule has 1 unspecified atom stereocenters. The van der Waals surface area contributed by atoms with Crippen molar-refractivity contribution in [2.45, 2.75) is 30.1 Å². The van der Waals surface area contributed by atoms with Crippen molar-refractivity contribution in [1.29, 1.82) is 0 Å². The molecule has 0 aromatic heterocycles. The molecule has 0 fully saturated rings. The monoisotopic (exact) mass is 294 g/mol. The third-order valence-electron chi connectivity index (χ3n) is 3.17. The molecule has 1 amide bonds. The van der Waals surface area contributed by atoms with Crippen LogP contribution < -0.4 is 11.1 Å². The van der Waals surface area contributed by atoms with E-state index in [1.54, 1.807) is 11.8 Å². The Hall–Kier alpha value is -1.07. The van der Waals surface area contributed by atoms with Gasteiger partial charge in [0.25, 0.3) is 0 Å². The van der Waals surface area contributed by atoms with Crippen LogP contribution in [0.15, 0.2) is 29.2 Å². The molecule has 1 heterocycles. The zero-order valence-electron chi connectivity index (χ0n) is 10.7. The van der Waals surface area contributed by atoms with Crippen LogP contribution in [0, 0.1) is 0 Å². The molecule has 19 heavy (non-hydrogen) atoms. The number of rotatable bonds is 6. The summed E-state index contributed by atoms with van der Waals surface area (Å²) in [5, 5.41) is 3.00. The maximum Gasteiger partial charge on any atom is 0.228 e. The molecule has 2 rings (SSSR count). The molecule has 1 aliphatic rings. The van der Waals surface area contributed by atoms with Crippen molar-refractivity contribution in [3.8, 4) is 0 Å². The number of nitrogens with two attached hydrogens (primary N) is 1. The van der Waals surface area contributed by atoms with E-state index in [2.05, 4.69) is 11.4 Å². The molecule has 0 bridgehead atoms. The molecule has 0 saturated carbocycles. The summed E-state index contributed by atoms with van der Waals surface area (Å²) >= 11 is 6.57. The Kier molecular flexibility index (Phi) is 5.22. The van der Waals surface area contributed by atoms with Crippen molar-refractivity contribution >= 4 is 34.9 Å². The van der Waals surface area contributed by atoms with Gasteiger partial charge in [-0.3, -0.25) is 4.79 Å². The van der Waals surface area contributed by atoms with Gasteiger partial charge in [0.2, 0.25) is 5.91 Å². The number of hydrogen-bond acceptors (Lipinski definition) is 3. The van der Waals surface area contributed by atoms with Gasteiger partial charge in [-0.25, -0.2) is 0 Å². The number of hydrogen-bond donors (Lipinski definition) is 2. The lowest BCUT2D eigenvalue weighted by Crippen LogP contribution is -2.30. The summed E-state index contributed by atoms with van der Waals surface area (Å²) in [5.74, 6) is 0.975. The number of fused-ring (bicyclic) bond motifs is 1. The third-order valence-corrected chi connectivity index (χ3v) is 4.55. The van der Waals surface area contributed by atoms with Gasteiger partial charge < -0.3 is 11.1 Å². The smallest absolute Gasteiger partial charge is 0.228 e. The molecule has 3 nitrogen and oxygen atoms in total. The first-order valence-corrected chi connectivity index (χ1v) is 7.85. The summed E-state index contributed by atoms with van der Waals surface area (Å²) in [6, 6.07) is 8.14. The van der Waals surface area contributed by atoms with E-state index in [0.717, 1.165) is 30.6 Å². The van der Waals surface area contributed by atoms with Gasteiger partial charge in [-0.15, -0.1) is 11.8 Å². The maximum atomic E-state index is 12.1. The second kappa shape index (κ2) is 6.91. The van der Waals surface area contributed by atoms with E-state index in [0.29, 0.717) is 11.5 Å². The average Bonchev–Trinajstić information content (AvgIpc) is 2.81. The fourth-order valence-electron chi connectivity index (χ4n) is 2.14. The van der Waals surface area contributed by atoms with E-state index in [4.69, 9.17) is 18.0 Å². The minimum absolute atomic E-state index is 0.00298. The van der Waals surface area contributed by atoms with Crippen molar-refractivity contribution in [3.05, 3.63) is 29.8 Å². The summed E-state index contributed by atoms with van der Waals surface area (Å²) in [6.45, 7) is 0.699. The molecular formula is C14H18N2OS2. The SMILES string of the molecule is NC(=S)CCCCNC(=O)C1CSc2ccccc21. The fraction of sp³-hybridized carbons (Fsp3) is 0.429. The number of thiocarbonyl (C=S) groups is 1. The minimum atomic E-state index is -0.00298. The predicted molar refractivity (Wildman–Crippen MR) is 83.6 cm³/mol. The van der Waals surface area contributed by atoms with Gasteiger partial charge in [-0.1, -0.05) is 30.4 Å². The van der Waals surface area contributed by atoms with Gasteiger partial charge in [0.15, 0.2) is 0 Å². The van der Waals surface area contributed by atoms with Gasteiger partial charge in [0.05, 0.1) is 10.9 Å². The van der Waals surface area contributed by atoms with Crippen molar-refractivity contribution in [3.63, 3.8) is 0 Å². The second-order valence-corrected chi connectivity index (χ2v) is 6.20. The van der Waals surface area contributed by atoms with Crippen molar-refractivity contribution < 1.29 is 4.79 Å². The summed E-state index contributed by atoms with van der Waals surface area (Å²) < 4.78 is 0. The molecule has 1 atom stereocenters. The topological polar surface area (TPSA) is 55.1 Å². The lowest BCUT2D eigenvalue weighted by molar-refractivity contribution is -0.122. The largest absolute Gasteiger partial charge is 0.393 e. The molecule has 3 N–H and O–H groups in total. The van der Waals surface area contributed by atoms with E-state index < -0.39 is 0 Å². The summed E-state index contributed by atoms with van der Waals surface area (Å²) in [6.07, 6.45) is 2.61. The Morgan fingerprint density at radius 3 is 3.00 bits per heavy atom. The van der Waals surface area contributed by atoms with E-state index in [1.165, 1.54) is 4.90 Å². The molecular weight excluding hydrogens is 276 g/mol. The van der Waals surface area contributed by atoms with Crippen LogP contribution in [0.3, 0.4) is 0 Å². The maximum absolute atomic E-state index is 12.1. The fourth-order valence-corrected chi connectivity index (χ4v) is 3.51. The van der Waals surface area contributed by atoms with Crippen LogP contribution >= 0.6 is 24.0 Å². The van der Waals surface area contributed by atoms with Crippen molar-refractivity contribution in [2.75, 3.05) is 12.3 Å². The first kappa shape index (κ1) is 14.3. The molecule has 1 aromatic rings. The highest BCUT2D eigenvalue weighted by atomic mass is 32.2. The molecule has 102 valence electrons. The van der Waals surface area contributed by atoms with E-state index in [9.17, 15) is 4.79 Å². The molecule has 5 heteroatoms. The van der Waals surface area contributed by atoms with E-state index in [-0.39, 0.29) is 11.8 Å². The van der Waals surface area contributed by atoms with E-state index >= 15 is 0 Å². The molecule has 0 spiro atoms. The molecule has 0 saturated heterocycles. The van der Waals surface area contributed by atoms with Gasteiger partial charge in [0, 0.05) is 17.2 Å². The molecule has 0 radical (unpaired) electrons. The van der Waals surface area contributed by atoms with Crippen molar-refractivity contribution in [1.82, 2.24) is 5.32 Å². The summed E-state index contributed by atoms with van der Waals surface area (Å²) in [5.41, 5.74) is 6.59. The van der Waals surface area contributed by atoms with Gasteiger partial charge in [0.1, 0.15) is 0 Å². The highest BCUT2D eigenvalue weighted by molar-refractivity contribution is 7.99. The lowest BCUT2D eigenvalue weighted by atomic mass is 10.0. The summed E-state index contributed by atoms with van der Waals surface area (Å²) in [4.78, 5) is 13.9. The molecule has 1 aromatic carbocycles. The highest BCUT2D eigenvalue weighted by Crippen LogP contribution is 2.39. The zero-order valence-corrected chi connectivity index (χ0v) is 12.4. The number of unbranched alkanes of at least 4 members (excludes halogenated alkanes) is 1. The Morgan fingerprint density at radius 1 is 1.42 bits per heavy atom. The number of thioether (sulfide) groups is 1. The standard InChI is InChI=1S/C14H18N2OS2/c15-13(18)7-3-4-8-16-14(17)11-9-19-12-6-2-1-5-10(11)12/h1-2,5-6,11H,3-4,7-9H2,(H2,15,18)(H,16,17). The number of nitrogens with one attached hydrogen (secondary N) is 1. The van der Waals surface area contributed by atoms with Gasteiger partial charge in [-0.2, -0.15) is 0 Å². The quantitative estimate of drug-likeness (QED) is 0.625. The minimum Gasteiger partial charge on any atom is -0.393 e. The van der Waals surface area contributed by atoms with Crippen molar-refractivity contribution in [2.24, 2.45) is 5.73 Å². The highest BCUT2D eigenvalue weighted by Gasteiger charge is 2.28. The van der Waals surface area contributed by atoms with Crippen LogP contribution in [0.25, 0.3) is 0 Å². The first-order valence-electron chi connectivity index (χ1n) is 6.46. The first-order chi connectivity index (χ1) is 9.18. The van der Waals surface area contributed by atoms with Crippen LogP contribution in [0.5, 0.6) is 0 Å². The van der Waals surface area contributed by atoms with Crippen LogP contribution in [-0.4, -0.2) is 23.2 Å². The van der Waals surface area contributed by atoms with Gasteiger partial charge in [-0.05, 0) is 30.9 Å². The predicted octanol–water partition coefficient (Wildman–Crippen LogP) is 2.45. The van der Waals surface area contributed by atoms with Crippen LogP contribution in [-0.2, 0) is 4.79 Å². The number of carbonyl (C=O) groups excluding carboxylic acids is 1. The number of amides is 1. The Labute approximate surface area is 123 Å². The molecule has 0 aliphatic carbocycles. The second-order valence-electron chi connectivity index (χ2n) is 4.62.